The molecule has 0 aliphatic heterocycles. The molecular weight excluding hydrogens is 172 g/mol. The van der Waals surface area contributed by atoms with Gasteiger partial charge in [-0.15, -0.1) is 0 Å². The average molecular weight is 184 g/mol. The van der Waals surface area contributed by atoms with E-state index < -0.39 is 0 Å². The van der Waals surface area contributed by atoms with Gasteiger partial charge in [-0.05, 0) is 6.42 Å². The number of aliphatic hydroxyl groups excluding tert-OH is 1. The lowest BCUT2D eigenvalue weighted by atomic mass is 10.4. The molecule has 1 rings (SSSR count). The first-order valence-electron chi connectivity index (χ1n) is 4.04. The lowest BCUT2D eigenvalue weighted by Gasteiger charge is -2.04. The van der Waals surface area contributed by atoms with Crippen LogP contribution in [0.15, 0.2) is 21.9 Å². The number of nitrogens with zero attached hydrogens (tertiary/aromatic N) is 2. The van der Waals surface area contributed by atoms with Gasteiger partial charge in [0.1, 0.15) is 0 Å². The lowest BCUT2D eigenvalue weighted by molar-refractivity contribution is 0.278. The van der Waals surface area contributed by atoms with E-state index in [1.807, 2.05) is 0 Å². The summed E-state index contributed by atoms with van der Waals surface area (Å²) in [4.78, 5) is 22.3. The highest BCUT2D eigenvalue weighted by Crippen LogP contribution is 1.82. The maximum atomic E-state index is 11.3. The third kappa shape index (κ3) is 2.06. The molecule has 0 aliphatic rings. The minimum absolute atomic E-state index is 0.0370. The Bertz CT molecular complexity index is 391. The molecule has 5 nitrogen and oxygen atoms in total. The van der Waals surface area contributed by atoms with Gasteiger partial charge in [-0.3, -0.25) is 9.36 Å². The van der Waals surface area contributed by atoms with E-state index in [4.69, 9.17) is 5.11 Å². The Hall–Kier alpha value is -1.36. The smallest absolute Gasteiger partial charge is 0.330 e. The molecule has 0 bridgehead atoms. The molecule has 0 saturated heterocycles. The summed E-state index contributed by atoms with van der Waals surface area (Å²) in [5.41, 5.74) is -0.661. The van der Waals surface area contributed by atoms with E-state index in [9.17, 15) is 9.59 Å². The molecule has 13 heavy (non-hydrogen) atoms. The minimum Gasteiger partial charge on any atom is -0.396 e. The topological polar surface area (TPSA) is 64.2 Å². The first-order chi connectivity index (χ1) is 6.16. The Kier molecular flexibility index (Phi) is 3.02. The predicted molar refractivity (Wildman–Crippen MR) is 47.6 cm³/mol. The Morgan fingerprint density at radius 1 is 1.46 bits per heavy atom. The average Bonchev–Trinajstić information content (AvgIpc) is 2.13. The van der Waals surface area contributed by atoms with Crippen molar-refractivity contribution in [3.63, 3.8) is 0 Å². The van der Waals surface area contributed by atoms with Crippen molar-refractivity contribution in [2.24, 2.45) is 7.05 Å². The van der Waals surface area contributed by atoms with E-state index in [2.05, 4.69) is 0 Å². The molecule has 0 amide bonds. The Labute approximate surface area is 74.9 Å². The number of hydrogen-bond donors (Lipinski definition) is 1. The fourth-order valence-electron chi connectivity index (χ4n) is 1.03. The number of aliphatic hydroxyl groups is 1. The zero-order valence-corrected chi connectivity index (χ0v) is 7.43. The third-order valence-electron chi connectivity index (χ3n) is 1.82. The molecule has 0 aromatic carbocycles. The molecule has 0 unspecified atom stereocenters. The van der Waals surface area contributed by atoms with Gasteiger partial charge in [0.25, 0.3) is 5.56 Å². The van der Waals surface area contributed by atoms with Gasteiger partial charge in [-0.2, -0.15) is 0 Å². The highest BCUT2D eigenvalue weighted by atomic mass is 16.3. The Morgan fingerprint density at radius 2 is 2.15 bits per heavy atom. The van der Waals surface area contributed by atoms with Crippen molar-refractivity contribution in [2.45, 2.75) is 13.0 Å². The van der Waals surface area contributed by atoms with Crippen LogP contribution in [-0.2, 0) is 13.6 Å². The van der Waals surface area contributed by atoms with Gasteiger partial charge in [0.2, 0.25) is 0 Å². The van der Waals surface area contributed by atoms with Crippen molar-refractivity contribution in [2.75, 3.05) is 6.61 Å². The van der Waals surface area contributed by atoms with Gasteiger partial charge in [0.05, 0.1) is 0 Å². The summed E-state index contributed by atoms with van der Waals surface area (Å²) in [7, 11) is 1.43. The fourth-order valence-corrected chi connectivity index (χ4v) is 1.03. The van der Waals surface area contributed by atoms with E-state index in [1.165, 1.54) is 23.9 Å². The van der Waals surface area contributed by atoms with Crippen LogP contribution in [0.4, 0.5) is 0 Å². The van der Waals surface area contributed by atoms with E-state index >= 15 is 0 Å². The molecule has 1 aromatic rings. The van der Waals surface area contributed by atoms with Crippen LogP contribution in [-0.4, -0.2) is 20.8 Å². The van der Waals surface area contributed by atoms with Crippen LogP contribution >= 0.6 is 0 Å². The van der Waals surface area contributed by atoms with Gasteiger partial charge in [-0.25, -0.2) is 4.79 Å². The zero-order valence-electron chi connectivity index (χ0n) is 7.43. The quantitative estimate of drug-likeness (QED) is 0.650. The number of rotatable bonds is 3. The zero-order chi connectivity index (χ0) is 9.84. The van der Waals surface area contributed by atoms with E-state index in [1.54, 1.807) is 0 Å². The van der Waals surface area contributed by atoms with E-state index in [-0.39, 0.29) is 17.9 Å². The highest BCUT2D eigenvalue weighted by Gasteiger charge is 1.99. The van der Waals surface area contributed by atoms with Crippen LogP contribution in [0.2, 0.25) is 0 Å². The molecule has 1 aromatic heterocycles. The Morgan fingerprint density at radius 3 is 2.77 bits per heavy atom. The van der Waals surface area contributed by atoms with Crippen molar-refractivity contribution in [3.05, 3.63) is 33.1 Å². The molecule has 1 N–H and O–H groups in total. The van der Waals surface area contributed by atoms with Crippen molar-refractivity contribution in [1.29, 1.82) is 0 Å². The van der Waals surface area contributed by atoms with Crippen LogP contribution in [0.3, 0.4) is 0 Å². The molecule has 0 saturated carbocycles. The molecule has 0 aliphatic carbocycles. The summed E-state index contributed by atoms with van der Waals surface area (Å²) in [5, 5.41) is 8.56. The van der Waals surface area contributed by atoms with Crippen molar-refractivity contribution in [1.82, 2.24) is 9.13 Å². The summed E-state index contributed by atoms with van der Waals surface area (Å²) in [5.74, 6) is 0. The molecule has 0 spiro atoms. The summed E-state index contributed by atoms with van der Waals surface area (Å²) in [6, 6.07) is 1.33. The number of hydrogen-bond acceptors (Lipinski definition) is 3. The minimum atomic E-state index is -0.346. The van der Waals surface area contributed by atoms with Gasteiger partial charge >= 0.3 is 5.69 Å². The predicted octanol–water partition coefficient (Wildman–Crippen LogP) is -1.07. The van der Waals surface area contributed by atoms with Crippen LogP contribution in [0, 0.1) is 0 Å². The van der Waals surface area contributed by atoms with Crippen LogP contribution in [0.1, 0.15) is 6.42 Å². The van der Waals surface area contributed by atoms with E-state index in [0.717, 1.165) is 4.57 Å². The van der Waals surface area contributed by atoms with Gasteiger partial charge in [0.15, 0.2) is 0 Å². The SMILES string of the molecule is Cn1c(=O)ccn(CCCO)c1=O. The summed E-state index contributed by atoms with van der Waals surface area (Å²) >= 11 is 0. The standard InChI is InChI=1S/C8H12N2O3/c1-9-7(12)3-5-10(8(9)13)4-2-6-11/h3,5,11H,2,4,6H2,1H3. The van der Waals surface area contributed by atoms with Crippen molar-refractivity contribution >= 4 is 0 Å². The summed E-state index contributed by atoms with van der Waals surface area (Å²) in [6.07, 6.45) is 1.96. The molecular formula is C8H12N2O3. The highest BCUT2D eigenvalue weighted by molar-refractivity contribution is 4.84. The van der Waals surface area contributed by atoms with Gasteiger partial charge < -0.3 is 9.67 Å². The second-order valence-electron chi connectivity index (χ2n) is 2.77. The van der Waals surface area contributed by atoms with Crippen molar-refractivity contribution in [3.8, 4) is 0 Å². The van der Waals surface area contributed by atoms with E-state index in [0.29, 0.717) is 13.0 Å². The largest absolute Gasteiger partial charge is 0.396 e. The molecule has 0 radical (unpaired) electrons. The number of aromatic nitrogens is 2. The first kappa shape index (κ1) is 9.73. The second kappa shape index (κ2) is 4.04. The van der Waals surface area contributed by atoms with Crippen LogP contribution in [0.5, 0.6) is 0 Å². The van der Waals surface area contributed by atoms with Crippen molar-refractivity contribution < 1.29 is 5.11 Å². The van der Waals surface area contributed by atoms with Gasteiger partial charge in [0, 0.05) is 32.5 Å². The lowest BCUT2D eigenvalue weighted by Crippen LogP contribution is -2.36. The molecule has 0 atom stereocenters. The van der Waals surface area contributed by atoms with Crippen LogP contribution < -0.4 is 11.2 Å². The molecule has 72 valence electrons. The third-order valence-corrected chi connectivity index (χ3v) is 1.82. The second-order valence-corrected chi connectivity index (χ2v) is 2.77. The van der Waals surface area contributed by atoms with Crippen LogP contribution in [0.25, 0.3) is 0 Å². The molecule has 5 heteroatoms. The molecule has 0 fully saturated rings. The normalized spacial score (nSPS) is 10.3. The summed E-state index contributed by atoms with van der Waals surface area (Å²) in [6.45, 7) is 0.471. The Balaban J connectivity index is 3.05. The summed E-state index contributed by atoms with van der Waals surface area (Å²) < 4.78 is 2.44. The fraction of sp³-hybridized carbons (Fsp3) is 0.500. The monoisotopic (exact) mass is 184 g/mol. The maximum Gasteiger partial charge on any atom is 0.330 e. The number of aryl methyl sites for hydroxylation is 1. The first-order valence-corrected chi connectivity index (χ1v) is 4.04. The van der Waals surface area contributed by atoms with Gasteiger partial charge in [-0.1, -0.05) is 0 Å². The maximum absolute atomic E-state index is 11.3. The molecule has 1 heterocycles.